The molecule has 0 rings (SSSR count). The maximum Gasteiger partial charge on any atom is 0.321 e. The van der Waals surface area contributed by atoms with Gasteiger partial charge in [0, 0.05) is 18.9 Å². The normalized spacial score (nSPS) is 13.3. The Labute approximate surface area is 109 Å². The predicted molar refractivity (Wildman–Crippen MR) is 65.5 cm³/mol. The molecule has 0 aliphatic carbocycles. The van der Waals surface area contributed by atoms with Gasteiger partial charge in [-0.25, -0.2) is 0 Å². The van der Waals surface area contributed by atoms with Crippen molar-refractivity contribution < 1.29 is 24.6 Å². The van der Waals surface area contributed by atoms with E-state index in [1.54, 1.807) is 0 Å². The van der Waals surface area contributed by atoms with Crippen molar-refractivity contribution >= 4 is 23.7 Å². The Hall–Kier alpha value is -2.16. The molecule has 108 valence electrons. The van der Waals surface area contributed by atoms with E-state index in [0.29, 0.717) is 0 Å². The highest BCUT2D eigenvalue weighted by atomic mass is 16.4. The quantitative estimate of drug-likeness (QED) is 0.213. The minimum atomic E-state index is -1.41. The molecule has 0 heterocycles. The fraction of sp³-hybridized carbons (Fsp3) is 0.600. The van der Waals surface area contributed by atoms with Crippen LogP contribution in [0.4, 0.5) is 0 Å². The van der Waals surface area contributed by atoms with Crippen molar-refractivity contribution in [2.45, 2.75) is 25.3 Å². The summed E-state index contributed by atoms with van der Waals surface area (Å²) >= 11 is 0. The Morgan fingerprint density at radius 2 is 1.79 bits per heavy atom. The van der Waals surface area contributed by atoms with Crippen molar-refractivity contribution in [1.82, 2.24) is 5.32 Å². The van der Waals surface area contributed by atoms with Crippen molar-refractivity contribution in [3.05, 3.63) is 0 Å². The van der Waals surface area contributed by atoms with Crippen molar-refractivity contribution in [3.8, 4) is 0 Å². The number of hydrogen-bond donors (Lipinski definition) is 6. The zero-order valence-corrected chi connectivity index (χ0v) is 10.3. The van der Waals surface area contributed by atoms with Crippen molar-refractivity contribution in [2.24, 2.45) is 17.4 Å². The zero-order chi connectivity index (χ0) is 15.0. The minimum Gasteiger partial charge on any atom is -0.481 e. The number of Topliss-reactive ketones (excluding diaryl/α,β-unsaturated/α-hetero) is 1. The molecule has 9 heteroatoms. The van der Waals surface area contributed by atoms with Gasteiger partial charge in [0.2, 0.25) is 0 Å². The van der Waals surface area contributed by atoms with Crippen molar-refractivity contribution in [3.63, 3.8) is 0 Å². The molecule has 0 fully saturated rings. The fourth-order valence-electron chi connectivity index (χ4n) is 1.49. The Kier molecular flexibility index (Phi) is 7.12. The first-order chi connectivity index (χ1) is 8.75. The topological polar surface area (TPSA) is 180 Å². The average molecular weight is 274 g/mol. The number of carbonyl (C=O) groups is 3. The average Bonchev–Trinajstić information content (AvgIpc) is 2.30. The van der Waals surface area contributed by atoms with Gasteiger partial charge in [-0.2, -0.15) is 0 Å². The highest BCUT2D eigenvalue weighted by molar-refractivity contribution is 5.89. The second-order valence-electron chi connectivity index (χ2n) is 3.96. The molecule has 0 radical (unpaired) electrons. The van der Waals surface area contributed by atoms with E-state index in [-0.39, 0.29) is 31.8 Å². The number of aliphatic carboxylic acids is 2. The van der Waals surface area contributed by atoms with E-state index in [4.69, 9.17) is 27.1 Å². The molecular weight excluding hydrogens is 256 g/mol. The van der Waals surface area contributed by atoms with Gasteiger partial charge in [-0.1, -0.05) is 0 Å². The van der Waals surface area contributed by atoms with Crippen LogP contribution >= 0.6 is 0 Å². The molecule has 2 atom stereocenters. The molecule has 9 nitrogen and oxygen atoms in total. The molecular formula is C10H18N4O5. The van der Waals surface area contributed by atoms with E-state index < -0.39 is 29.7 Å². The highest BCUT2D eigenvalue weighted by Gasteiger charge is 2.30. The van der Waals surface area contributed by atoms with E-state index in [9.17, 15) is 14.4 Å². The number of nitrogens with one attached hydrogen (secondary N) is 2. The van der Waals surface area contributed by atoms with Crippen LogP contribution in [0.1, 0.15) is 19.3 Å². The van der Waals surface area contributed by atoms with Crippen LogP contribution in [0, 0.1) is 11.3 Å². The van der Waals surface area contributed by atoms with Crippen molar-refractivity contribution in [1.29, 1.82) is 5.41 Å². The second-order valence-corrected chi connectivity index (χ2v) is 3.96. The second kappa shape index (κ2) is 8.03. The van der Waals surface area contributed by atoms with Gasteiger partial charge in [0.15, 0.2) is 5.96 Å². The molecule has 1 unspecified atom stereocenters. The van der Waals surface area contributed by atoms with Gasteiger partial charge in [0.25, 0.3) is 0 Å². The number of hydrogen-bond acceptors (Lipinski definition) is 5. The first-order valence-corrected chi connectivity index (χ1v) is 5.56. The largest absolute Gasteiger partial charge is 0.481 e. The molecule has 0 aliphatic rings. The zero-order valence-electron chi connectivity index (χ0n) is 10.3. The van der Waals surface area contributed by atoms with Crippen LogP contribution in [0.15, 0.2) is 0 Å². The van der Waals surface area contributed by atoms with E-state index >= 15 is 0 Å². The third kappa shape index (κ3) is 6.99. The van der Waals surface area contributed by atoms with Crippen LogP contribution in [0.3, 0.4) is 0 Å². The van der Waals surface area contributed by atoms with E-state index in [1.165, 1.54) is 0 Å². The third-order valence-electron chi connectivity index (χ3n) is 2.49. The van der Waals surface area contributed by atoms with E-state index in [0.717, 1.165) is 0 Å². The lowest BCUT2D eigenvalue weighted by Crippen LogP contribution is -2.44. The van der Waals surface area contributed by atoms with Gasteiger partial charge in [0.05, 0.1) is 6.42 Å². The number of carbonyl (C=O) groups excluding carboxylic acids is 1. The van der Waals surface area contributed by atoms with Gasteiger partial charge < -0.3 is 27.0 Å². The molecule has 0 aliphatic heterocycles. The Balaban J connectivity index is 4.56. The Morgan fingerprint density at radius 3 is 2.21 bits per heavy atom. The summed E-state index contributed by atoms with van der Waals surface area (Å²) < 4.78 is 0. The van der Waals surface area contributed by atoms with Crippen LogP contribution < -0.4 is 16.8 Å². The smallest absolute Gasteiger partial charge is 0.321 e. The lowest BCUT2D eigenvalue weighted by molar-refractivity contribution is -0.143. The Bertz CT molecular complexity index is 371. The van der Waals surface area contributed by atoms with E-state index in [1.807, 2.05) is 0 Å². The van der Waals surface area contributed by atoms with Crippen LogP contribution in [-0.2, 0) is 14.4 Å². The third-order valence-corrected chi connectivity index (χ3v) is 2.49. The number of nitrogens with two attached hydrogens (primary N) is 2. The summed E-state index contributed by atoms with van der Waals surface area (Å²) in [4.78, 5) is 32.9. The minimum absolute atomic E-state index is 0.0610. The standard InChI is InChI=1S/C10H18N4O5/c11-8(9(18)19)5(3-4-14-10(12)13)6(15)1-2-7(16)17/h5,8H,1-4,11H2,(H,16,17)(H,18,19)(H4,12,13,14)/t5?,8-/m0/s1. The molecule has 0 aromatic rings. The molecule has 19 heavy (non-hydrogen) atoms. The molecule has 0 aromatic carbocycles. The summed E-state index contributed by atoms with van der Waals surface area (Å²) in [6.07, 6.45) is -0.589. The number of guanidine groups is 1. The van der Waals surface area contributed by atoms with Crippen LogP contribution in [-0.4, -0.2) is 46.5 Å². The van der Waals surface area contributed by atoms with Crippen LogP contribution in [0.25, 0.3) is 0 Å². The van der Waals surface area contributed by atoms with Gasteiger partial charge in [-0.05, 0) is 6.42 Å². The van der Waals surface area contributed by atoms with Gasteiger partial charge in [-0.15, -0.1) is 0 Å². The number of carboxylic acids is 2. The molecule has 0 saturated carbocycles. The molecule has 0 amide bonds. The van der Waals surface area contributed by atoms with Crippen LogP contribution in [0.5, 0.6) is 0 Å². The number of carboxylic acid groups (broad SMARTS) is 2. The summed E-state index contributed by atoms with van der Waals surface area (Å²) in [7, 11) is 0. The van der Waals surface area contributed by atoms with Crippen LogP contribution in [0.2, 0.25) is 0 Å². The molecule has 0 bridgehead atoms. The first-order valence-electron chi connectivity index (χ1n) is 5.56. The first kappa shape index (κ1) is 16.8. The fourth-order valence-corrected chi connectivity index (χ4v) is 1.49. The predicted octanol–water partition coefficient (Wildman–Crippen LogP) is -1.68. The summed E-state index contributed by atoms with van der Waals surface area (Å²) in [5, 5.41) is 26.7. The molecule has 0 aromatic heterocycles. The summed E-state index contributed by atoms with van der Waals surface area (Å²) in [6, 6.07) is -1.41. The lowest BCUT2D eigenvalue weighted by atomic mass is 9.90. The monoisotopic (exact) mass is 274 g/mol. The summed E-state index contributed by atoms with van der Waals surface area (Å²) in [6.45, 7) is 0.111. The van der Waals surface area contributed by atoms with Crippen molar-refractivity contribution in [2.75, 3.05) is 6.54 Å². The number of rotatable bonds is 9. The summed E-state index contributed by atoms with van der Waals surface area (Å²) in [5.41, 5.74) is 10.5. The molecule has 0 saturated heterocycles. The SMILES string of the molecule is N=C(N)NCCC(C(=O)CCC(=O)O)[C@H](N)C(=O)O. The Morgan fingerprint density at radius 1 is 1.21 bits per heavy atom. The lowest BCUT2D eigenvalue weighted by Gasteiger charge is -2.19. The number of ketones is 1. The highest BCUT2D eigenvalue weighted by Crippen LogP contribution is 2.12. The molecule has 8 N–H and O–H groups in total. The maximum atomic E-state index is 11.7. The summed E-state index contributed by atoms with van der Waals surface area (Å²) in [5.74, 6) is -4.32. The molecule has 0 spiro atoms. The van der Waals surface area contributed by atoms with Gasteiger partial charge in [-0.3, -0.25) is 19.8 Å². The maximum absolute atomic E-state index is 11.7. The van der Waals surface area contributed by atoms with E-state index in [2.05, 4.69) is 5.32 Å². The van der Waals surface area contributed by atoms with Gasteiger partial charge >= 0.3 is 11.9 Å². The van der Waals surface area contributed by atoms with Gasteiger partial charge in [0.1, 0.15) is 11.8 Å².